The summed E-state index contributed by atoms with van der Waals surface area (Å²) in [4.78, 5) is 34.0. The molecule has 1 N–H and O–H groups in total. The third-order valence-electron chi connectivity index (χ3n) is 4.23. The van der Waals surface area contributed by atoms with Crippen molar-refractivity contribution in [1.82, 2.24) is 0 Å². The maximum Gasteiger partial charge on any atom is 0.344 e. The number of nitro groups is 1. The van der Waals surface area contributed by atoms with E-state index in [4.69, 9.17) is 25.8 Å². The SMILES string of the molecule is O=C(COC(=O)COc1ccc(OCc2ccccc2)cc1)Nc1cc([N+](=O)[O-])ccc1Cl. The van der Waals surface area contributed by atoms with Crippen LogP contribution in [0.1, 0.15) is 5.56 Å². The molecule has 1 amide bonds. The van der Waals surface area contributed by atoms with Crippen LogP contribution in [0.25, 0.3) is 0 Å². The lowest BCUT2D eigenvalue weighted by Gasteiger charge is -2.10. The highest BCUT2D eigenvalue weighted by Crippen LogP contribution is 2.26. The highest BCUT2D eigenvalue weighted by Gasteiger charge is 2.14. The average molecular weight is 471 g/mol. The van der Waals surface area contributed by atoms with Gasteiger partial charge in [-0.15, -0.1) is 0 Å². The third-order valence-corrected chi connectivity index (χ3v) is 4.56. The van der Waals surface area contributed by atoms with E-state index >= 15 is 0 Å². The molecule has 0 heterocycles. The first-order valence-corrected chi connectivity index (χ1v) is 10.1. The molecule has 3 aromatic carbocycles. The van der Waals surface area contributed by atoms with E-state index < -0.39 is 30.0 Å². The van der Waals surface area contributed by atoms with Crippen molar-refractivity contribution >= 4 is 34.9 Å². The molecular weight excluding hydrogens is 452 g/mol. The van der Waals surface area contributed by atoms with Crippen LogP contribution >= 0.6 is 11.6 Å². The molecule has 0 atom stereocenters. The molecule has 10 heteroatoms. The molecule has 0 fully saturated rings. The zero-order chi connectivity index (χ0) is 23.6. The number of hydrogen-bond donors (Lipinski definition) is 1. The molecule has 0 unspecified atom stereocenters. The molecule has 0 aliphatic rings. The van der Waals surface area contributed by atoms with E-state index in [0.717, 1.165) is 11.6 Å². The van der Waals surface area contributed by atoms with Crippen LogP contribution in [0.2, 0.25) is 5.02 Å². The number of anilines is 1. The Morgan fingerprint density at radius 3 is 2.24 bits per heavy atom. The summed E-state index contributed by atoms with van der Waals surface area (Å²) in [6, 6.07) is 20.0. The molecular formula is C23H19ClN2O7. The summed E-state index contributed by atoms with van der Waals surface area (Å²) in [6.07, 6.45) is 0. The first-order valence-electron chi connectivity index (χ1n) is 9.70. The quantitative estimate of drug-likeness (QED) is 0.265. The Labute approximate surface area is 194 Å². The van der Waals surface area contributed by atoms with Crippen molar-refractivity contribution in [3.05, 3.63) is 93.5 Å². The van der Waals surface area contributed by atoms with Gasteiger partial charge in [-0.05, 0) is 35.9 Å². The Balaban J connectivity index is 1.40. The van der Waals surface area contributed by atoms with E-state index in [9.17, 15) is 19.7 Å². The number of nitrogens with one attached hydrogen (secondary N) is 1. The Morgan fingerprint density at radius 1 is 0.909 bits per heavy atom. The third kappa shape index (κ3) is 7.51. The largest absolute Gasteiger partial charge is 0.489 e. The minimum absolute atomic E-state index is 0.0396. The second-order valence-electron chi connectivity index (χ2n) is 6.66. The van der Waals surface area contributed by atoms with Gasteiger partial charge in [0.05, 0.1) is 15.6 Å². The lowest BCUT2D eigenvalue weighted by atomic mass is 10.2. The highest BCUT2D eigenvalue weighted by molar-refractivity contribution is 6.33. The Bertz CT molecular complexity index is 1120. The van der Waals surface area contributed by atoms with Crippen molar-refractivity contribution in [3.63, 3.8) is 0 Å². The summed E-state index contributed by atoms with van der Waals surface area (Å²) in [7, 11) is 0. The molecule has 0 aliphatic heterocycles. The number of benzene rings is 3. The van der Waals surface area contributed by atoms with Crippen molar-refractivity contribution < 1.29 is 28.7 Å². The van der Waals surface area contributed by atoms with Gasteiger partial charge in [-0.1, -0.05) is 41.9 Å². The van der Waals surface area contributed by atoms with E-state index in [0.29, 0.717) is 18.1 Å². The van der Waals surface area contributed by atoms with Gasteiger partial charge in [0, 0.05) is 12.1 Å². The molecule has 0 saturated carbocycles. The minimum Gasteiger partial charge on any atom is -0.489 e. The van der Waals surface area contributed by atoms with E-state index in [1.54, 1.807) is 24.3 Å². The van der Waals surface area contributed by atoms with Crippen molar-refractivity contribution in [2.24, 2.45) is 0 Å². The first kappa shape index (κ1) is 23.6. The molecule has 0 radical (unpaired) electrons. The summed E-state index contributed by atoms with van der Waals surface area (Å²) in [5.74, 6) is -0.401. The van der Waals surface area contributed by atoms with Gasteiger partial charge < -0.3 is 19.5 Å². The number of rotatable bonds is 10. The topological polar surface area (TPSA) is 117 Å². The fraction of sp³-hybridized carbons (Fsp3) is 0.130. The van der Waals surface area contributed by atoms with Gasteiger partial charge in [-0.25, -0.2) is 4.79 Å². The number of carbonyl (C=O) groups is 2. The van der Waals surface area contributed by atoms with Gasteiger partial charge in [0.2, 0.25) is 0 Å². The Kier molecular flexibility index (Phi) is 8.20. The second kappa shape index (κ2) is 11.5. The number of non-ortho nitro benzene ring substituents is 1. The number of ether oxygens (including phenoxy) is 3. The number of carbonyl (C=O) groups excluding carboxylic acids is 2. The number of hydrogen-bond acceptors (Lipinski definition) is 7. The average Bonchev–Trinajstić information content (AvgIpc) is 2.82. The van der Waals surface area contributed by atoms with Gasteiger partial charge in [0.15, 0.2) is 13.2 Å². The molecule has 0 aromatic heterocycles. The summed E-state index contributed by atoms with van der Waals surface area (Å²) in [5.41, 5.74) is 0.840. The second-order valence-corrected chi connectivity index (χ2v) is 7.07. The molecule has 0 saturated heterocycles. The molecule has 9 nitrogen and oxygen atoms in total. The number of esters is 1. The van der Waals surface area contributed by atoms with Crippen LogP contribution in [0.4, 0.5) is 11.4 Å². The smallest absolute Gasteiger partial charge is 0.344 e. The number of nitrogens with zero attached hydrogens (tertiary/aromatic N) is 1. The maximum absolute atomic E-state index is 12.0. The number of nitro benzene ring substituents is 1. The van der Waals surface area contributed by atoms with Gasteiger partial charge in [-0.3, -0.25) is 14.9 Å². The van der Waals surface area contributed by atoms with Crippen LogP contribution in [-0.4, -0.2) is 30.0 Å². The van der Waals surface area contributed by atoms with E-state index in [1.165, 1.54) is 12.1 Å². The fourth-order valence-electron chi connectivity index (χ4n) is 2.61. The van der Waals surface area contributed by atoms with Crippen LogP contribution < -0.4 is 14.8 Å². The van der Waals surface area contributed by atoms with Crippen LogP contribution in [0.5, 0.6) is 11.5 Å². The van der Waals surface area contributed by atoms with Crippen LogP contribution in [-0.2, 0) is 20.9 Å². The van der Waals surface area contributed by atoms with E-state index in [2.05, 4.69) is 5.32 Å². The monoisotopic (exact) mass is 470 g/mol. The van der Waals surface area contributed by atoms with Crippen molar-refractivity contribution in [2.75, 3.05) is 18.5 Å². The molecule has 33 heavy (non-hydrogen) atoms. The van der Waals surface area contributed by atoms with E-state index in [-0.39, 0.29) is 16.4 Å². The summed E-state index contributed by atoms with van der Waals surface area (Å²) >= 11 is 5.91. The first-order chi connectivity index (χ1) is 15.9. The highest BCUT2D eigenvalue weighted by atomic mass is 35.5. The van der Waals surface area contributed by atoms with Gasteiger partial charge in [0.25, 0.3) is 11.6 Å². The predicted octanol–water partition coefficient (Wildman–Crippen LogP) is 4.39. The van der Waals surface area contributed by atoms with Crippen LogP contribution in [0, 0.1) is 10.1 Å². The Morgan fingerprint density at radius 2 is 1.58 bits per heavy atom. The zero-order valence-corrected chi connectivity index (χ0v) is 18.0. The van der Waals surface area contributed by atoms with Crippen molar-refractivity contribution in [2.45, 2.75) is 6.61 Å². The lowest BCUT2D eigenvalue weighted by Crippen LogP contribution is -2.23. The number of halogens is 1. The summed E-state index contributed by atoms with van der Waals surface area (Å²) < 4.78 is 15.9. The van der Waals surface area contributed by atoms with Crippen molar-refractivity contribution in [1.29, 1.82) is 0 Å². The molecule has 170 valence electrons. The maximum atomic E-state index is 12.0. The Hall–Kier alpha value is -4.11. The van der Waals surface area contributed by atoms with E-state index in [1.807, 2.05) is 30.3 Å². The van der Waals surface area contributed by atoms with Gasteiger partial charge in [0.1, 0.15) is 18.1 Å². The van der Waals surface area contributed by atoms with Crippen LogP contribution in [0.3, 0.4) is 0 Å². The molecule has 0 aliphatic carbocycles. The molecule has 3 rings (SSSR count). The van der Waals surface area contributed by atoms with Crippen LogP contribution in [0.15, 0.2) is 72.8 Å². The standard InChI is InChI=1S/C23H19ClN2O7/c24-20-11-6-17(26(29)30)12-21(20)25-22(27)14-33-23(28)15-32-19-9-7-18(8-10-19)31-13-16-4-2-1-3-5-16/h1-12H,13-15H2,(H,25,27). The fourth-order valence-corrected chi connectivity index (χ4v) is 2.78. The minimum atomic E-state index is -0.764. The molecule has 0 spiro atoms. The zero-order valence-electron chi connectivity index (χ0n) is 17.2. The summed E-state index contributed by atoms with van der Waals surface area (Å²) in [6.45, 7) is -0.584. The predicted molar refractivity (Wildman–Crippen MR) is 120 cm³/mol. The van der Waals surface area contributed by atoms with Gasteiger partial charge in [-0.2, -0.15) is 0 Å². The lowest BCUT2D eigenvalue weighted by molar-refractivity contribution is -0.384. The number of amides is 1. The summed E-state index contributed by atoms with van der Waals surface area (Å²) in [5, 5.41) is 13.3. The van der Waals surface area contributed by atoms with Gasteiger partial charge >= 0.3 is 5.97 Å². The molecule has 0 bridgehead atoms. The van der Waals surface area contributed by atoms with Crippen molar-refractivity contribution in [3.8, 4) is 11.5 Å². The molecule has 3 aromatic rings. The normalized spacial score (nSPS) is 10.2.